The molecule has 18 heavy (non-hydrogen) atoms. The van der Waals surface area contributed by atoms with Gasteiger partial charge in [0.1, 0.15) is 5.82 Å². The summed E-state index contributed by atoms with van der Waals surface area (Å²) in [5.74, 6) is -0.392. The second kappa shape index (κ2) is 5.72. The summed E-state index contributed by atoms with van der Waals surface area (Å²) in [4.78, 5) is 0. The first-order valence-electron chi connectivity index (χ1n) is 5.50. The molecule has 2 rings (SSSR count). The maximum absolute atomic E-state index is 13.0. The van der Waals surface area contributed by atoms with Crippen molar-refractivity contribution in [1.82, 2.24) is 0 Å². The van der Waals surface area contributed by atoms with Crippen LogP contribution in [0.25, 0.3) is 0 Å². The van der Waals surface area contributed by atoms with Gasteiger partial charge in [0.05, 0.1) is 5.02 Å². The second-order valence-electron chi connectivity index (χ2n) is 4.09. The van der Waals surface area contributed by atoms with Crippen LogP contribution in [0.2, 0.25) is 5.02 Å². The molecule has 0 heterocycles. The van der Waals surface area contributed by atoms with Gasteiger partial charge in [-0.2, -0.15) is 0 Å². The summed E-state index contributed by atoms with van der Waals surface area (Å²) in [6.45, 7) is 2.63. The summed E-state index contributed by atoms with van der Waals surface area (Å²) >= 11 is 9.22. The largest absolute Gasteiger partial charge is 0.380 e. The zero-order chi connectivity index (χ0) is 13.1. The number of rotatable bonds is 3. The van der Waals surface area contributed by atoms with Crippen molar-refractivity contribution >= 4 is 33.2 Å². The number of benzene rings is 2. The third-order valence-corrected chi connectivity index (χ3v) is 3.57. The van der Waals surface area contributed by atoms with Gasteiger partial charge in [0, 0.05) is 16.7 Å². The van der Waals surface area contributed by atoms with Crippen molar-refractivity contribution in [3.8, 4) is 0 Å². The van der Waals surface area contributed by atoms with Crippen LogP contribution < -0.4 is 5.32 Å². The van der Waals surface area contributed by atoms with Crippen LogP contribution in [0.15, 0.2) is 40.9 Å². The standard InChI is InChI=1S/C14H12BrClFN/c1-9-2-4-11(15)14(6-9)18-8-10-3-5-13(17)12(16)7-10/h2-7,18H,8H2,1H3. The molecule has 0 amide bonds. The van der Waals surface area contributed by atoms with Crippen molar-refractivity contribution in [3.05, 3.63) is 62.8 Å². The van der Waals surface area contributed by atoms with Gasteiger partial charge in [-0.15, -0.1) is 0 Å². The summed E-state index contributed by atoms with van der Waals surface area (Å²) < 4.78 is 14.0. The van der Waals surface area contributed by atoms with Crippen molar-refractivity contribution in [2.75, 3.05) is 5.32 Å². The normalized spacial score (nSPS) is 10.4. The van der Waals surface area contributed by atoms with Crippen molar-refractivity contribution < 1.29 is 4.39 Å². The lowest BCUT2D eigenvalue weighted by atomic mass is 10.2. The Labute approximate surface area is 119 Å². The number of anilines is 1. The molecule has 0 aliphatic carbocycles. The van der Waals surface area contributed by atoms with Crippen LogP contribution in [0.3, 0.4) is 0 Å². The van der Waals surface area contributed by atoms with Crippen molar-refractivity contribution in [1.29, 1.82) is 0 Å². The molecule has 0 fully saturated rings. The molecule has 1 N–H and O–H groups in total. The average Bonchev–Trinajstić information content (AvgIpc) is 2.34. The molecule has 0 bridgehead atoms. The van der Waals surface area contributed by atoms with E-state index in [1.807, 2.05) is 19.1 Å². The van der Waals surface area contributed by atoms with Gasteiger partial charge < -0.3 is 5.32 Å². The molecule has 0 saturated carbocycles. The lowest BCUT2D eigenvalue weighted by molar-refractivity contribution is 0.627. The van der Waals surface area contributed by atoms with E-state index in [4.69, 9.17) is 11.6 Å². The van der Waals surface area contributed by atoms with Gasteiger partial charge in [-0.3, -0.25) is 0 Å². The Hall–Kier alpha value is -1.06. The molecule has 0 radical (unpaired) electrons. The summed E-state index contributed by atoms with van der Waals surface area (Å²) in [7, 11) is 0. The Morgan fingerprint density at radius 2 is 2.00 bits per heavy atom. The molecule has 1 nitrogen and oxygen atoms in total. The van der Waals surface area contributed by atoms with E-state index in [1.54, 1.807) is 12.1 Å². The first-order chi connectivity index (χ1) is 8.56. The highest BCUT2D eigenvalue weighted by atomic mass is 79.9. The zero-order valence-electron chi connectivity index (χ0n) is 9.81. The second-order valence-corrected chi connectivity index (χ2v) is 5.35. The van der Waals surface area contributed by atoms with Gasteiger partial charge >= 0.3 is 0 Å². The monoisotopic (exact) mass is 327 g/mol. The zero-order valence-corrected chi connectivity index (χ0v) is 12.1. The van der Waals surface area contributed by atoms with Gasteiger partial charge in [-0.1, -0.05) is 23.7 Å². The number of nitrogens with one attached hydrogen (secondary N) is 1. The molecule has 4 heteroatoms. The van der Waals surface area contributed by atoms with E-state index in [0.717, 1.165) is 15.7 Å². The van der Waals surface area contributed by atoms with Crippen molar-refractivity contribution in [2.24, 2.45) is 0 Å². The molecule has 2 aromatic carbocycles. The van der Waals surface area contributed by atoms with E-state index >= 15 is 0 Å². The van der Waals surface area contributed by atoms with Crippen molar-refractivity contribution in [3.63, 3.8) is 0 Å². The Morgan fingerprint density at radius 1 is 1.22 bits per heavy atom. The summed E-state index contributed by atoms with van der Waals surface area (Å²) in [5.41, 5.74) is 3.13. The molecule has 0 unspecified atom stereocenters. The maximum atomic E-state index is 13.0. The van der Waals surface area contributed by atoms with Crippen LogP contribution >= 0.6 is 27.5 Å². The van der Waals surface area contributed by atoms with Gasteiger partial charge in [0.2, 0.25) is 0 Å². The first-order valence-corrected chi connectivity index (χ1v) is 6.67. The van der Waals surface area contributed by atoms with Crippen LogP contribution in [0, 0.1) is 12.7 Å². The predicted octanol–water partition coefficient (Wildman–Crippen LogP) is 5.16. The van der Waals surface area contributed by atoms with Crippen LogP contribution in [0.5, 0.6) is 0 Å². The molecular formula is C14H12BrClFN. The topological polar surface area (TPSA) is 12.0 Å². The Kier molecular flexibility index (Phi) is 4.25. The minimum atomic E-state index is -0.392. The third kappa shape index (κ3) is 3.24. The van der Waals surface area contributed by atoms with Crippen LogP contribution in [0.4, 0.5) is 10.1 Å². The fraction of sp³-hybridized carbons (Fsp3) is 0.143. The third-order valence-electron chi connectivity index (χ3n) is 2.59. The Balaban J connectivity index is 2.11. The molecule has 0 aromatic heterocycles. The number of hydrogen-bond acceptors (Lipinski definition) is 1. The van der Waals surface area contributed by atoms with Gasteiger partial charge in [-0.25, -0.2) is 4.39 Å². The van der Waals surface area contributed by atoms with Gasteiger partial charge in [0.25, 0.3) is 0 Å². The lowest BCUT2D eigenvalue weighted by Gasteiger charge is -2.10. The number of aryl methyl sites for hydroxylation is 1. The first kappa shape index (κ1) is 13.4. The fourth-order valence-electron chi connectivity index (χ4n) is 1.62. The SMILES string of the molecule is Cc1ccc(Br)c(NCc2ccc(F)c(Cl)c2)c1. The highest BCUT2D eigenvalue weighted by Gasteiger charge is 2.03. The van der Waals surface area contributed by atoms with Gasteiger partial charge in [-0.05, 0) is 58.2 Å². The highest BCUT2D eigenvalue weighted by molar-refractivity contribution is 9.10. The fourth-order valence-corrected chi connectivity index (χ4v) is 2.21. The van der Waals surface area contributed by atoms with Crippen LogP contribution in [0.1, 0.15) is 11.1 Å². The molecule has 0 spiro atoms. The number of hydrogen-bond donors (Lipinski definition) is 1. The number of halogens is 3. The minimum absolute atomic E-state index is 0.151. The molecule has 0 saturated heterocycles. The summed E-state index contributed by atoms with van der Waals surface area (Å²) in [6.07, 6.45) is 0. The lowest BCUT2D eigenvalue weighted by Crippen LogP contribution is -2.00. The molecule has 94 valence electrons. The maximum Gasteiger partial charge on any atom is 0.141 e. The Bertz CT molecular complexity index is 572. The van der Waals surface area contributed by atoms with E-state index in [2.05, 4.69) is 27.3 Å². The molecule has 0 atom stereocenters. The summed E-state index contributed by atoms with van der Waals surface area (Å²) in [5, 5.41) is 3.44. The molecule has 2 aromatic rings. The summed E-state index contributed by atoms with van der Waals surface area (Å²) in [6, 6.07) is 10.8. The predicted molar refractivity (Wildman–Crippen MR) is 77.6 cm³/mol. The molecular weight excluding hydrogens is 317 g/mol. The quantitative estimate of drug-likeness (QED) is 0.820. The average molecular weight is 329 g/mol. The smallest absolute Gasteiger partial charge is 0.141 e. The van der Waals surface area contributed by atoms with E-state index in [-0.39, 0.29) is 5.02 Å². The Morgan fingerprint density at radius 3 is 2.72 bits per heavy atom. The van der Waals surface area contributed by atoms with E-state index in [9.17, 15) is 4.39 Å². The van der Waals surface area contributed by atoms with Crippen LogP contribution in [-0.4, -0.2) is 0 Å². The van der Waals surface area contributed by atoms with E-state index in [0.29, 0.717) is 6.54 Å². The van der Waals surface area contributed by atoms with Crippen molar-refractivity contribution in [2.45, 2.75) is 13.5 Å². The van der Waals surface area contributed by atoms with Gasteiger partial charge in [0.15, 0.2) is 0 Å². The minimum Gasteiger partial charge on any atom is -0.380 e. The van der Waals surface area contributed by atoms with E-state index < -0.39 is 5.82 Å². The molecule has 0 aliphatic heterocycles. The van der Waals surface area contributed by atoms with Crippen LogP contribution in [-0.2, 0) is 6.54 Å². The highest BCUT2D eigenvalue weighted by Crippen LogP contribution is 2.24. The van der Waals surface area contributed by atoms with E-state index in [1.165, 1.54) is 11.6 Å². The molecule has 0 aliphatic rings.